The van der Waals surface area contributed by atoms with Gasteiger partial charge in [0.2, 0.25) is 6.54 Å². The zero-order valence-corrected chi connectivity index (χ0v) is 10.2. The van der Waals surface area contributed by atoms with E-state index in [1.165, 1.54) is 0 Å². The maximum absolute atomic E-state index is 11.5. The Kier molecular flexibility index (Phi) is 3.75. The summed E-state index contributed by atoms with van der Waals surface area (Å²) in [5.41, 5.74) is 0.372. The molecule has 0 bridgehead atoms. The molecule has 0 heterocycles. The third-order valence-electron chi connectivity index (χ3n) is 4.00. The maximum atomic E-state index is 11.5. The molecule has 4 nitrogen and oxygen atoms in total. The second kappa shape index (κ2) is 5.29. The van der Waals surface area contributed by atoms with Crippen molar-refractivity contribution in [2.24, 2.45) is 5.41 Å². The largest absolute Gasteiger partial charge is 0.303 e. The van der Waals surface area contributed by atoms with Gasteiger partial charge in [-0.25, -0.2) is 0 Å². The summed E-state index contributed by atoms with van der Waals surface area (Å²) in [4.78, 5) is 22.1. The fraction of sp³-hybridized carbons (Fsp3) is 0.500. The summed E-state index contributed by atoms with van der Waals surface area (Å²) in [6.45, 7) is -0.164. The van der Waals surface area contributed by atoms with Crippen molar-refractivity contribution < 1.29 is 9.72 Å². The topological polar surface area (TPSA) is 60.2 Å². The number of carbonyl (C=O) groups is 1. The number of nitro groups is 1. The van der Waals surface area contributed by atoms with Crippen molar-refractivity contribution in [3.05, 3.63) is 46.0 Å². The van der Waals surface area contributed by atoms with Crippen LogP contribution in [0.4, 0.5) is 0 Å². The van der Waals surface area contributed by atoms with Crippen LogP contribution in [0, 0.1) is 15.5 Å². The number of hydrogen-bond acceptors (Lipinski definition) is 3. The van der Waals surface area contributed by atoms with E-state index in [9.17, 15) is 14.9 Å². The van der Waals surface area contributed by atoms with Crippen LogP contribution in [-0.4, -0.2) is 17.8 Å². The molecule has 1 aliphatic carbocycles. The molecule has 0 aliphatic heterocycles. The summed E-state index contributed by atoms with van der Waals surface area (Å²) in [5, 5.41) is 10.9. The van der Waals surface area contributed by atoms with Gasteiger partial charge in [0.1, 0.15) is 6.29 Å². The Labute approximate surface area is 106 Å². The molecular weight excluding hydrogens is 230 g/mol. The van der Waals surface area contributed by atoms with E-state index in [1.807, 2.05) is 30.3 Å². The number of benzene rings is 1. The van der Waals surface area contributed by atoms with Crippen LogP contribution in [0.15, 0.2) is 30.3 Å². The molecule has 96 valence electrons. The zero-order chi connectivity index (χ0) is 13.0. The normalized spacial score (nSPS) is 19.3. The Morgan fingerprint density at radius 3 is 2.39 bits per heavy atom. The molecule has 0 radical (unpaired) electrons. The standard InChI is InChI=1S/C14H17NO3/c16-11-14(8-4-5-9-14)13(10-15(17)18)12-6-2-1-3-7-12/h1-3,6-7,11,13H,4-5,8-10H2/t13-/m0/s1. The lowest BCUT2D eigenvalue weighted by molar-refractivity contribution is -0.485. The van der Waals surface area contributed by atoms with Crippen molar-refractivity contribution in [1.29, 1.82) is 0 Å². The van der Waals surface area contributed by atoms with E-state index in [0.29, 0.717) is 0 Å². The van der Waals surface area contributed by atoms with Crippen molar-refractivity contribution >= 4 is 6.29 Å². The molecule has 2 rings (SSSR count). The van der Waals surface area contributed by atoms with Gasteiger partial charge in [-0.3, -0.25) is 10.1 Å². The van der Waals surface area contributed by atoms with Crippen LogP contribution in [0.2, 0.25) is 0 Å². The van der Waals surface area contributed by atoms with Crippen molar-refractivity contribution in [3.8, 4) is 0 Å². The van der Waals surface area contributed by atoms with Gasteiger partial charge >= 0.3 is 0 Å². The van der Waals surface area contributed by atoms with Gasteiger partial charge in [0.05, 0.1) is 5.92 Å². The van der Waals surface area contributed by atoms with Gasteiger partial charge in [-0.15, -0.1) is 0 Å². The quantitative estimate of drug-likeness (QED) is 0.456. The van der Waals surface area contributed by atoms with Crippen LogP contribution >= 0.6 is 0 Å². The van der Waals surface area contributed by atoms with Crippen LogP contribution in [0.5, 0.6) is 0 Å². The molecule has 4 heteroatoms. The Morgan fingerprint density at radius 1 is 1.28 bits per heavy atom. The van der Waals surface area contributed by atoms with Gasteiger partial charge in [0.25, 0.3) is 0 Å². The minimum absolute atomic E-state index is 0.164. The smallest absolute Gasteiger partial charge is 0.211 e. The maximum Gasteiger partial charge on any atom is 0.211 e. The fourth-order valence-electron chi connectivity index (χ4n) is 3.04. The molecule has 0 spiro atoms. The highest BCUT2D eigenvalue weighted by atomic mass is 16.6. The highest BCUT2D eigenvalue weighted by molar-refractivity contribution is 5.62. The monoisotopic (exact) mass is 247 g/mol. The number of rotatable bonds is 5. The summed E-state index contributed by atoms with van der Waals surface area (Å²) in [6, 6.07) is 9.40. The molecule has 0 aromatic heterocycles. The van der Waals surface area contributed by atoms with Gasteiger partial charge in [-0.05, 0) is 18.4 Å². The summed E-state index contributed by atoms with van der Waals surface area (Å²) < 4.78 is 0. The first-order valence-corrected chi connectivity index (χ1v) is 6.31. The SMILES string of the molecule is O=CC1([C@@H](C[N+](=O)[O-])c2ccccc2)CCCC1. The molecular formula is C14H17NO3. The summed E-state index contributed by atoms with van der Waals surface area (Å²) in [7, 11) is 0. The van der Waals surface area contributed by atoms with Crippen LogP contribution in [0.1, 0.15) is 37.2 Å². The van der Waals surface area contributed by atoms with E-state index >= 15 is 0 Å². The van der Waals surface area contributed by atoms with E-state index in [-0.39, 0.29) is 17.4 Å². The van der Waals surface area contributed by atoms with Crippen molar-refractivity contribution in [3.63, 3.8) is 0 Å². The van der Waals surface area contributed by atoms with Crippen molar-refractivity contribution in [2.45, 2.75) is 31.6 Å². The lowest BCUT2D eigenvalue weighted by Gasteiger charge is -2.30. The second-order valence-electron chi connectivity index (χ2n) is 5.04. The predicted octanol–water partition coefficient (Wildman–Crippen LogP) is 2.81. The first kappa shape index (κ1) is 12.7. The Balaban J connectivity index is 2.35. The lowest BCUT2D eigenvalue weighted by Crippen LogP contribution is -2.32. The Morgan fingerprint density at radius 2 is 1.89 bits per heavy atom. The predicted molar refractivity (Wildman–Crippen MR) is 68.0 cm³/mol. The molecule has 1 aliphatic rings. The van der Waals surface area contributed by atoms with E-state index in [0.717, 1.165) is 37.5 Å². The average molecular weight is 247 g/mol. The summed E-state index contributed by atoms with van der Waals surface area (Å²) in [6.07, 6.45) is 4.47. The molecule has 18 heavy (non-hydrogen) atoms. The molecule has 0 saturated heterocycles. The second-order valence-corrected chi connectivity index (χ2v) is 5.04. The lowest BCUT2D eigenvalue weighted by atomic mass is 9.71. The Hall–Kier alpha value is -1.71. The van der Waals surface area contributed by atoms with Crippen LogP contribution < -0.4 is 0 Å². The van der Waals surface area contributed by atoms with Crippen molar-refractivity contribution in [2.75, 3.05) is 6.54 Å². The summed E-state index contributed by atoms with van der Waals surface area (Å²) in [5.74, 6) is -0.298. The molecule has 1 saturated carbocycles. The summed E-state index contributed by atoms with van der Waals surface area (Å²) >= 11 is 0. The highest BCUT2D eigenvalue weighted by Gasteiger charge is 2.44. The fourth-order valence-corrected chi connectivity index (χ4v) is 3.04. The van der Waals surface area contributed by atoms with Gasteiger partial charge in [0.15, 0.2) is 0 Å². The van der Waals surface area contributed by atoms with Gasteiger partial charge in [-0.1, -0.05) is 43.2 Å². The first-order valence-electron chi connectivity index (χ1n) is 6.31. The minimum atomic E-state index is -0.533. The van der Waals surface area contributed by atoms with Crippen LogP contribution in [0.3, 0.4) is 0 Å². The van der Waals surface area contributed by atoms with E-state index < -0.39 is 5.41 Å². The van der Waals surface area contributed by atoms with Crippen LogP contribution in [-0.2, 0) is 4.79 Å². The van der Waals surface area contributed by atoms with Crippen LogP contribution in [0.25, 0.3) is 0 Å². The third-order valence-corrected chi connectivity index (χ3v) is 4.00. The molecule has 1 aromatic rings. The number of aldehydes is 1. The number of hydrogen-bond donors (Lipinski definition) is 0. The molecule has 0 unspecified atom stereocenters. The molecule has 0 N–H and O–H groups in total. The highest BCUT2D eigenvalue weighted by Crippen LogP contribution is 2.47. The molecule has 1 aromatic carbocycles. The van der Waals surface area contributed by atoms with Gasteiger partial charge in [0, 0.05) is 10.3 Å². The molecule has 1 fully saturated rings. The van der Waals surface area contributed by atoms with E-state index in [2.05, 4.69) is 0 Å². The molecule has 1 atom stereocenters. The van der Waals surface area contributed by atoms with Gasteiger partial charge < -0.3 is 4.79 Å². The number of carbonyl (C=O) groups excluding carboxylic acids is 1. The first-order chi connectivity index (χ1) is 8.68. The average Bonchev–Trinajstić information content (AvgIpc) is 2.86. The van der Waals surface area contributed by atoms with Crippen molar-refractivity contribution in [1.82, 2.24) is 0 Å². The third kappa shape index (κ3) is 2.42. The van der Waals surface area contributed by atoms with E-state index in [4.69, 9.17) is 0 Å². The van der Waals surface area contributed by atoms with E-state index in [1.54, 1.807) is 0 Å². The molecule has 0 amide bonds. The minimum Gasteiger partial charge on any atom is -0.303 e. The Bertz CT molecular complexity index is 424. The zero-order valence-electron chi connectivity index (χ0n) is 10.2. The number of nitrogens with zero attached hydrogens (tertiary/aromatic N) is 1. The van der Waals surface area contributed by atoms with Gasteiger partial charge in [-0.2, -0.15) is 0 Å².